The van der Waals surface area contributed by atoms with Gasteiger partial charge in [0.2, 0.25) is 0 Å². The van der Waals surface area contributed by atoms with Gasteiger partial charge in [0.25, 0.3) is 0 Å². The molecule has 0 saturated heterocycles. The van der Waals surface area contributed by atoms with Crippen LogP contribution in [0.3, 0.4) is 0 Å². The molecule has 0 aliphatic rings. The van der Waals surface area contributed by atoms with E-state index in [9.17, 15) is 0 Å². The van der Waals surface area contributed by atoms with Gasteiger partial charge >= 0.3 is 0 Å². The molecule has 1 aromatic rings. The highest BCUT2D eigenvalue weighted by Crippen LogP contribution is 2.30. The molecule has 3 nitrogen and oxygen atoms in total. The Hall–Kier alpha value is -1.22. The average Bonchev–Trinajstić information content (AvgIpc) is 2.32. The standard InChI is InChI=1S/C13H21NO2/c1-5-11(14-3)10-7-8-12(16-6-2)13(9-10)15-4/h7-9,11,14H,5-6H2,1-4H3/t11-/m0/s1. The maximum absolute atomic E-state index is 5.48. The molecule has 0 aromatic heterocycles. The highest BCUT2D eigenvalue weighted by Gasteiger charge is 2.10. The SMILES string of the molecule is CCOc1ccc([C@H](CC)NC)cc1OC. The van der Waals surface area contributed by atoms with Crippen molar-refractivity contribution in [2.24, 2.45) is 0 Å². The van der Waals surface area contributed by atoms with Gasteiger partial charge in [-0.3, -0.25) is 0 Å². The van der Waals surface area contributed by atoms with Gasteiger partial charge in [-0.15, -0.1) is 0 Å². The molecule has 0 aliphatic heterocycles. The van der Waals surface area contributed by atoms with Crippen molar-refractivity contribution < 1.29 is 9.47 Å². The first-order valence-corrected chi connectivity index (χ1v) is 5.74. The summed E-state index contributed by atoms with van der Waals surface area (Å²) in [5.41, 5.74) is 1.23. The summed E-state index contributed by atoms with van der Waals surface area (Å²) in [6.45, 7) is 4.78. The van der Waals surface area contributed by atoms with Crippen LogP contribution < -0.4 is 14.8 Å². The van der Waals surface area contributed by atoms with E-state index in [1.54, 1.807) is 7.11 Å². The maximum atomic E-state index is 5.48. The molecule has 90 valence electrons. The zero-order valence-corrected chi connectivity index (χ0v) is 10.5. The van der Waals surface area contributed by atoms with Crippen molar-refractivity contribution in [3.63, 3.8) is 0 Å². The van der Waals surface area contributed by atoms with Crippen molar-refractivity contribution in [1.29, 1.82) is 0 Å². The van der Waals surface area contributed by atoms with Crippen molar-refractivity contribution in [1.82, 2.24) is 5.32 Å². The predicted molar refractivity (Wildman–Crippen MR) is 66.3 cm³/mol. The third kappa shape index (κ3) is 2.89. The lowest BCUT2D eigenvalue weighted by atomic mass is 10.0. The van der Waals surface area contributed by atoms with Crippen molar-refractivity contribution >= 4 is 0 Å². The second-order valence-electron chi connectivity index (χ2n) is 3.59. The first-order valence-electron chi connectivity index (χ1n) is 5.74. The van der Waals surface area contributed by atoms with Gasteiger partial charge in [-0.05, 0) is 38.1 Å². The van der Waals surface area contributed by atoms with Gasteiger partial charge in [0.15, 0.2) is 11.5 Å². The summed E-state index contributed by atoms with van der Waals surface area (Å²) in [6, 6.07) is 6.45. The molecule has 0 spiro atoms. The topological polar surface area (TPSA) is 30.5 Å². The highest BCUT2D eigenvalue weighted by molar-refractivity contribution is 5.43. The summed E-state index contributed by atoms with van der Waals surface area (Å²) < 4.78 is 10.8. The molecule has 0 fully saturated rings. The molecule has 16 heavy (non-hydrogen) atoms. The molecule has 0 bridgehead atoms. The number of benzene rings is 1. The number of nitrogens with one attached hydrogen (secondary N) is 1. The van der Waals surface area contributed by atoms with E-state index in [0.29, 0.717) is 12.6 Å². The van der Waals surface area contributed by atoms with Crippen LogP contribution in [0.2, 0.25) is 0 Å². The second-order valence-corrected chi connectivity index (χ2v) is 3.59. The quantitative estimate of drug-likeness (QED) is 0.804. The van der Waals surface area contributed by atoms with Crippen LogP contribution >= 0.6 is 0 Å². The number of rotatable bonds is 6. The first-order chi connectivity index (χ1) is 7.76. The highest BCUT2D eigenvalue weighted by atomic mass is 16.5. The van der Waals surface area contributed by atoms with Crippen LogP contribution in [0.5, 0.6) is 11.5 Å². The fourth-order valence-electron chi connectivity index (χ4n) is 1.78. The fourth-order valence-corrected chi connectivity index (χ4v) is 1.78. The minimum absolute atomic E-state index is 0.365. The Kier molecular flexibility index (Phi) is 5.12. The van der Waals surface area contributed by atoms with Gasteiger partial charge in [-0.1, -0.05) is 13.0 Å². The smallest absolute Gasteiger partial charge is 0.161 e. The molecular weight excluding hydrogens is 202 g/mol. The summed E-state index contributed by atoms with van der Waals surface area (Å²) >= 11 is 0. The molecule has 0 saturated carbocycles. The Morgan fingerprint density at radius 1 is 1.25 bits per heavy atom. The van der Waals surface area contributed by atoms with Gasteiger partial charge in [0.1, 0.15) is 0 Å². The van der Waals surface area contributed by atoms with Crippen LogP contribution in [0.4, 0.5) is 0 Å². The third-order valence-electron chi connectivity index (χ3n) is 2.65. The van der Waals surface area contributed by atoms with Gasteiger partial charge in [0, 0.05) is 6.04 Å². The molecule has 0 heterocycles. The Balaban J connectivity index is 2.98. The zero-order chi connectivity index (χ0) is 12.0. The number of ether oxygens (including phenoxy) is 2. The third-order valence-corrected chi connectivity index (χ3v) is 2.65. The van der Waals surface area contributed by atoms with E-state index in [4.69, 9.17) is 9.47 Å². The molecule has 1 atom stereocenters. The Morgan fingerprint density at radius 3 is 2.50 bits per heavy atom. The second kappa shape index (κ2) is 6.38. The largest absolute Gasteiger partial charge is 0.493 e. The van der Waals surface area contributed by atoms with Gasteiger partial charge in [-0.25, -0.2) is 0 Å². The van der Waals surface area contributed by atoms with Crippen molar-refractivity contribution in [3.8, 4) is 11.5 Å². The molecule has 1 N–H and O–H groups in total. The summed E-state index contributed by atoms with van der Waals surface area (Å²) in [5.74, 6) is 1.60. The van der Waals surface area contributed by atoms with Crippen LogP contribution in [0.25, 0.3) is 0 Å². The monoisotopic (exact) mass is 223 g/mol. The van der Waals surface area contributed by atoms with E-state index in [2.05, 4.69) is 18.3 Å². The van der Waals surface area contributed by atoms with Crippen LogP contribution in [0.15, 0.2) is 18.2 Å². The van der Waals surface area contributed by atoms with Crippen LogP contribution in [0.1, 0.15) is 31.9 Å². The van der Waals surface area contributed by atoms with Gasteiger partial charge < -0.3 is 14.8 Å². The van der Waals surface area contributed by atoms with Crippen molar-refractivity contribution in [3.05, 3.63) is 23.8 Å². The van der Waals surface area contributed by atoms with E-state index in [1.165, 1.54) is 5.56 Å². The minimum atomic E-state index is 0.365. The Labute approximate surface area is 97.8 Å². The summed E-state index contributed by atoms with van der Waals surface area (Å²) in [6.07, 6.45) is 1.05. The van der Waals surface area contributed by atoms with E-state index in [1.807, 2.05) is 26.1 Å². The molecule has 1 aromatic carbocycles. The minimum Gasteiger partial charge on any atom is -0.493 e. The van der Waals surface area contributed by atoms with E-state index in [0.717, 1.165) is 17.9 Å². The number of hydrogen-bond donors (Lipinski definition) is 1. The molecular formula is C13H21NO2. The zero-order valence-electron chi connectivity index (χ0n) is 10.5. The van der Waals surface area contributed by atoms with Crippen LogP contribution in [0, 0.1) is 0 Å². The molecule has 0 aliphatic carbocycles. The summed E-state index contributed by atoms with van der Waals surface area (Å²) in [5, 5.41) is 3.27. The van der Waals surface area contributed by atoms with Gasteiger partial charge in [0.05, 0.1) is 13.7 Å². The van der Waals surface area contributed by atoms with E-state index < -0.39 is 0 Å². The summed E-state index contributed by atoms with van der Waals surface area (Å²) in [4.78, 5) is 0. The lowest BCUT2D eigenvalue weighted by Crippen LogP contribution is -2.15. The number of methoxy groups -OCH3 is 1. The van der Waals surface area contributed by atoms with E-state index >= 15 is 0 Å². The Morgan fingerprint density at radius 2 is 2.00 bits per heavy atom. The Bertz CT molecular complexity index is 322. The molecule has 0 amide bonds. The molecule has 0 radical (unpaired) electrons. The molecule has 0 unspecified atom stereocenters. The van der Waals surface area contributed by atoms with Crippen LogP contribution in [-0.4, -0.2) is 20.8 Å². The van der Waals surface area contributed by atoms with Crippen LogP contribution in [-0.2, 0) is 0 Å². The maximum Gasteiger partial charge on any atom is 0.161 e. The lowest BCUT2D eigenvalue weighted by molar-refractivity contribution is 0.310. The fraction of sp³-hybridized carbons (Fsp3) is 0.538. The predicted octanol–water partition coefficient (Wildman–Crippen LogP) is 2.76. The molecule has 1 rings (SSSR count). The molecule has 3 heteroatoms. The van der Waals surface area contributed by atoms with Gasteiger partial charge in [-0.2, -0.15) is 0 Å². The van der Waals surface area contributed by atoms with E-state index in [-0.39, 0.29) is 0 Å². The van der Waals surface area contributed by atoms with Crippen molar-refractivity contribution in [2.75, 3.05) is 20.8 Å². The summed E-state index contributed by atoms with van der Waals surface area (Å²) in [7, 11) is 3.64. The van der Waals surface area contributed by atoms with Crippen molar-refractivity contribution in [2.45, 2.75) is 26.3 Å². The number of hydrogen-bond acceptors (Lipinski definition) is 3. The normalized spacial score (nSPS) is 12.2. The average molecular weight is 223 g/mol. The lowest BCUT2D eigenvalue weighted by Gasteiger charge is -2.17. The first kappa shape index (κ1) is 12.8.